The molecule has 9 rings (SSSR count). The molecule has 0 amide bonds. The highest BCUT2D eigenvalue weighted by atomic mass is 32.1. The van der Waals surface area contributed by atoms with Crippen LogP contribution < -0.4 is 14.4 Å². The van der Waals surface area contributed by atoms with Crippen molar-refractivity contribution >= 4 is 22.7 Å². The van der Waals surface area contributed by atoms with Crippen LogP contribution in [-0.4, -0.2) is 96.3 Å². The number of methoxy groups -OCH3 is 1. The summed E-state index contributed by atoms with van der Waals surface area (Å²) in [6.45, 7) is 17.5. The third-order valence-corrected chi connectivity index (χ3v) is 14.9. The number of ether oxygens (including phenoxy) is 4. The molecule has 0 saturated carbocycles. The van der Waals surface area contributed by atoms with Gasteiger partial charge in [-0.25, -0.2) is 0 Å². The largest absolute Gasteiger partial charge is 0.508 e. The van der Waals surface area contributed by atoms with Gasteiger partial charge in [0, 0.05) is 60.5 Å². The van der Waals surface area contributed by atoms with Gasteiger partial charge in [0.2, 0.25) is 0 Å². The molecule has 12 heteroatoms. The van der Waals surface area contributed by atoms with Crippen LogP contribution in [0.4, 0.5) is 5.69 Å². The molecule has 0 radical (unpaired) electrons. The van der Waals surface area contributed by atoms with E-state index < -0.39 is 0 Å². The molecular formula is C54H64N6O5S. The Labute approximate surface area is 394 Å². The number of anilines is 1. The molecule has 4 heterocycles. The first-order valence-electron chi connectivity index (χ1n) is 23.7. The van der Waals surface area contributed by atoms with Crippen molar-refractivity contribution in [2.75, 3.05) is 64.6 Å². The molecule has 346 valence electrons. The molecule has 11 nitrogen and oxygen atoms in total. The summed E-state index contributed by atoms with van der Waals surface area (Å²) >= 11 is 1.77. The highest BCUT2D eigenvalue weighted by molar-refractivity contribution is 7.15. The zero-order chi connectivity index (χ0) is 45.7. The summed E-state index contributed by atoms with van der Waals surface area (Å²) in [5, 5.41) is 20.0. The van der Waals surface area contributed by atoms with Gasteiger partial charge in [-0.1, -0.05) is 36.4 Å². The van der Waals surface area contributed by atoms with E-state index in [4.69, 9.17) is 23.9 Å². The second-order valence-corrected chi connectivity index (χ2v) is 19.2. The summed E-state index contributed by atoms with van der Waals surface area (Å²) in [7, 11) is 1.74. The quantitative estimate of drug-likeness (QED) is 0.0844. The Kier molecular flexibility index (Phi) is 14.2. The Morgan fingerprint density at radius 2 is 1.64 bits per heavy atom. The molecule has 6 aromatic rings. The zero-order valence-electron chi connectivity index (χ0n) is 39.4. The standard InChI is InChI=1S/C54H64N6O5S/c1-7-59(50-32-47(62-6)20-21-49(50)44-13-12-43-31-45(61)17-14-42(43)30-44)33-40-10-8-39(9-11-40)22-24-58-25-23-48(34-58)65-29-27-63-26-28-64-46-18-15-41(16-19-46)52-51-35(2)37(4)66-54(51)60-38(5)56-57-53(60)36(3)55-52/h8-11,14-21,31-32,36,44,48,61H,7,12-13,22-30,33-34H2,1-6H3/t36-,44-,48+/m0/s1. The van der Waals surface area contributed by atoms with E-state index in [2.05, 4.69) is 113 Å². The number of rotatable bonds is 18. The Balaban J connectivity index is 0.685. The Bertz CT molecular complexity index is 2640. The van der Waals surface area contributed by atoms with Crippen molar-refractivity contribution in [3.05, 3.63) is 146 Å². The fourth-order valence-electron chi connectivity index (χ4n) is 9.88. The summed E-state index contributed by atoms with van der Waals surface area (Å²) in [6, 6.07) is 29.7. The monoisotopic (exact) mass is 908 g/mol. The lowest BCUT2D eigenvalue weighted by Gasteiger charge is -2.32. The number of thiophene rings is 1. The number of aromatic nitrogens is 3. The Morgan fingerprint density at radius 1 is 0.848 bits per heavy atom. The average molecular weight is 909 g/mol. The Morgan fingerprint density at radius 3 is 2.44 bits per heavy atom. The predicted molar refractivity (Wildman–Crippen MR) is 264 cm³/mol. The summed E-state index contributed by atoms with van der Waals surface area (Å²) in [4.78, 5) is 11.4. The molecule has 2 aromatic heterocycles. The van der Waals surface area contributed by atoms with Crippen molar-refractivity contribution in [2.24, 2.45) is 4.99 Å². The summed E-state index contributed by atoms with van der Waals surface area (Å²) in [5.41, 5.74) is 12.3. The zero-order valence-corrected chi connectivity index (χ0v) is 40.2. The first-order chi connectivity index (χ1) is 32.1. The highest BCUT2D eigenvalue weighted by Crippen LogP contribution is 2.41. The molecule has 4 aromatic carbocycles. The number of aromatic hydroxyl groups is 1. The number of benzene rings is 4. The maximum absolute atomic E-state index is 10.0. The lowest BCUT2D eigenvalue weighted by Crippen LogP contribution is -2.26. The number of aliphatic imine (C=N–C) groups is 1. The van der Waals surface area contributed by atoms with Gasteiger partial charge in [-0.15, -0.1) is 21.5 Å². The van der Waals surface area contributed by atoms with Gasteiger partial charge in [-0.05, 0) is 148 Å². The minimum absolute atomic E-state index is 0.114. The fourth-order valence-corrected chi connectivity index (χ4v) is 11.1. The van der Waals surface area contributed by atoms with E-state index in [-0.39, 0.29) is 12.1 Å². The van der Waals surface area contributed by atoms with Crippen LogP contribution in [0.2, 0.25) is 0 Å². The molecule has 3 atom stereocenters. The van der Waals surface area contributed by atoms with Gasteiger partial charge < -0.3 is 33.9 Å². The van der Waals surface area contributed by atoms with E-state index in [1.165, 1.54) is 43.9 Å². The Hall–Kier alpha value is -5.53. The van der Waals surface area contributed by atoms with Crippen molar-refractivity contribution in [2.45, 2.75) is 91.3 Å². The maximum atomic E-state index is 10.0. The van der Waals surface area contributed by atoms with Crippen LogP contribution in [0.3, 0.4) is 0 Å². The summed E-state index contributed by atoms with van der Waals surface area (Å²) in [5.74, 6) is 4.22. The van der Waals surface area contributed by atoms with E-state index in [9.17, 15) is 5.11 Å². The van der Waals surface area contributed by atoms with Gasteiger partial charge in [-0.2, -0.15) is 0 Å². The molecule has 3 aliphatic rings. The third kappa shape index (κ3) is 10.1. The van der Waals surface area contributed by atoms with E-state index >= 15 is 0 Å². The minimum Gasteiger partial charge on any atom is -0.508 e. The molecule has 0 unspecified atom stereocenters. The lowest BCUT2D eigenvalue weighted by molar-refractivity contribution is 0.00324. The van der Waals surface area contributed by atoms with Crippen LogP contribution in [0.15, 0.2) is 89.9 Å². The average Bonchev–Trinajstić information content (AvgIpc) is 4.02. The van der Waals surface area contributed by atoms with Crippen molar-refractivity contribution < 1.29 is 24.1 Å². The first kappa shape index (κ1) is 45.6. The summed E-state index contributed by atoms with van der Waals surface area (Å²) in [6.07, 6.45) is 5.33. The van der Waals surface area contributed by atoms with Gasteiger partial charge in [0.05, 0.1) is 38.7 Å². The topological polar surface area (TPSA) is 107 Å². The van der Waals surface area contributed by atoms with E-state index in [0.29, 0.717) is 38.1 Å². The summed E-state index contributed by atoms with van der Waals surface area (Å²) < 4.78 is 26.0. The molecule has 0 bridgehead atoms. The SMILES string of the molecule is CCN(Cc1ccc(CCN2CC[C@@H](OCCOCCOc3ccc(C4=N[C@@H](C)c5nnc(C)n5-c5sc(C)c(C)c54)cc3)C2)cc1)c1cc(OC)ccc1[C@H]1CCc2cc(O)ccc2C1. The normalized spacial score (nSPS) is 18.0. The number of phenols is 1. The van der Waals surface area contributed by atoms with Crippen molar-refractivity contribution in [1.82, 2.24) is 19.7 Å². The number of aryl methyl sites for hydroxylation is 3. The van der Waals surface area contributed by atoms with Crippen LogP contribution in [0.1, 0.15) is 99.7 Å². The number of fused-ring (bicyclic) bond motifs is 4. The van der Waals surface area contributed by atoms with Crippen LogP contribution in [0.25, 0.3) is 5.00 Å². The molecule has 0 spiro atoms. The number of hydrogen-bond donors (Lipinski definition) is 1. The lowest BCUT2D eigenvalue weighted by atomic mass is 9.79. The maximum Gasteiger partial charge on any atom is 0.162 e. The second-order valence-electron chi connectivity index (χ2n) is 18.0. The number of phenolic OH excluding ortho intramolecular Hbond substituents is 1. The van der Waals surface area contributed by atoms with Crippen LogP contribution >= 0.6 is 11.3 Å². The van der Waals surface area contributed by atoms with Crippen LogP contribution in [-0.2, 0) is 35.3 Å². The van der Waals surface area contributed by atoms with E-state index in [1.807, 2.05) is 31.2 Å². The molecule has 66 heavy (non-hydrogen) atoms. The van der Waals surface area contributed by atoms with Gasteiger partial charge in [-0.3, -0.25) is 9.56 Å². The van der Waals surface area contributed by atoms with Crippen LogP contribution in [0, 0.1) is 20.8 Å². The minimum atomic E-state index is -0.114. The highest BCUT2D eigenvalue weighted by Gasteiger charge is 2.30. The van der Waals surface area contributed by atoms with Crippen molar-refractivity contribution in [3.63, 3.8) is 0 Å². The van der Waals surface area contributed by atoms with E-state index in [0.717, 1.165) is 110 Å². The smallest absolute Gasteiger partial charge is 0.162 e. The molecule has 1 N–H and O–H groups in total. The fraction of sp³-hybridized carbons (Fsp3) is 0.426. The van der Waals surface area contributed by atoms with Crippen molar-refractivity contribution in [3.8, 4) is 22.2 Å². The van der Waals surface area contributed by atoms with Crippen molar-refractivity contribution in [1.29, 1.82) is 0 Å². The van der Waals surface area contributed by atoms with Gasteiger partial charge in [0.15, 0.2) is 5.82 Å². The number of likely N-dealkylation sites (tertiary alicyclic amines) is 1. The predicted octanol–water partition coefficient (Wildman–Crippen LogP) is 9.91. The third-order valence-electron chi connectivity index (χ3n) is 13.7. The number of hydrogen-bond acceptors (Lipinski definition) is 11. The molecular weight excluding hydrogens is 845 g/mol. The molecule has 1 saturated heterocycles. The second kappa shape index (κ2) is 20.5. The van der Waals surface area contributed by atoms with Gasteiger partial charge in [0.25, 0.3) is 0 Å². The van der Waals surface area contributed by atoms with Gasteiger partial charge >= 0.3 is 0 Å². The molecule has 1 fully saturated rings. The number of nitrogens with zero attached hydrogens (tertiary/aromatic N) is 6. The first-order valence-corrected chi connectivity index (χ1v) is 24.5. The molecule has 1 aliphatic carbocycles. The van der Waals surface area contributed by atoms with E-state index in [1.54, 1.807) is 18.4 Å². The van der Waals surface area contributed by atoms with Crippen LogP contribution in [0.5, 0.6) is 17.2 Å². The molecule has 2 aliphatic heterocycles. The van der Waals surface area contributed by atoms with Gasteiger partial charge in [0.1, 0.15) is 40.7 Å².